The SMILES string of the molecule is O=C(NC(=S)Nc1ccc(N2CCN(C(=O)/C=C/c3ccccc3)CC2)c(Cl)c1)c1ccc(-c2ccccc2)cc1. The molecule has 0 saturated carbocycles. The van der Waals surface area contributed by atoms with Crippen molar-refractivity contribution in [3.8, 4) is 11.1 Å². The maximum absolute atomic E-state index is 12.7. The van der Waals surface area contributed by atoms with Crippen LogP contribution in [0.1, 0.15) is 15.9 Å². The molecule has 5 rings (SSSR count). The van der Waals surface area contributed by atoms with E-state index in [2.05, 4.69) is 15.5 Å². The van der Waals surface area contributed by atoms with Gasteiger partial charge >= 0.3 is 0 Å². The molecule has 1 aliphatic rings. The number of hydrogen-bond acceptors (Lipinski definition) is 4. The van der Waals surface area contributed by atoms with Crippen molar-refractivity contribution in [2.24, 2.45) is 0 Å². The van der Waals surface area contributed by atoms with Crippen molar-refractivity contribution in [3.63, 3.8) is 0 Å². The summed E-state index contributed by atoms with van der Waals surface area (Å²) in [5.41, 5.74) is 5.18. The summed E-state index contributed by atoms with van der Waals surface area (Å²) in [6.07, 6.45) is 3.46. The summed E-state index contributed by atoms with van der Waals surface area (Å²) < 4.78 is 0. The summed E-state index contributed by atoms with van der Waals surface area (Å²) in [6.45, 7) is 2.57. The average molecular weight is 581 g/mol. The second kappa shape index (κ2) is 13.3. The van der Waals surface area contributed by atoms with Gasteiger partial charge in [-0.3, -0.25) is 14.9 Å². The first kappa shape index (κ1) is 28.1. The number of anilines is 2. The quantitative estimate of drug-likeness (QED) is 0.201. The number of nitrogens with one attached hydrogen (secondary N) is 2. The van der Waals surface area contributed by atoms with Gasteiger partial charge in [0, 0.05) is 43.5 Å². The molecular formula is C33H29ClN4O2S. The highest BCUT2D eigenvalue weighted by molar-refractivity contribution is 7.80. The van der Waals surface area contributed by atoms with E-state index in [1.165, 1.54) is 0 Å². The minimum atomic E-state index is -0.295. The number of carbonyl (C=O) groups excluding carboxylic acids is 2. The van der Waals surface area contributed by atoms with Crippen LogP contribution in [-0.4, -0.2) is 48.0 Å². The highest BCUT2D eigenvalue weighted by Gasteiger charge is 2.21. The van der Waals surface area contributed by atoms with Gasteiger partial charge in [-0.2, -0.15) is 0 Å². The second-order valence-electron chi connectivity index (χ2n) is 9.57. The topological polar surface area (TPSA) is 64.7 Å². The maximum atomic E-state index is 12.7. The zero-order valence-corrected chi connectivity index (χ0v) is 23.9. The number of nitrogens with zero attached hydrogens (tertiary/aromatic N) is 2. The fourth-order valence-electron chi connectivity index (χ4n) is 4.63. The zero-order valence-electron chi connectivity index (χ0n) is 22.3. The predicted molar refractivity (Wildman–Crippen MR) is 171 cm³/mol. The van der Waals surface area contributed by atoms with E-state index in [9.17, 15) is 9.59 Å². The molecule has 4 aromatic carbocycles. The van der Waals surface area contributed by atoms with E-state index in [0.29, 0.717) is 42.5 Å². The second-order valence-corrected chi connectivity index (χ2v) is 10.4. The fourth-order valence-corrected chi connectivity index (χ4v) is 5.14. The maximum Gasteiger partial charge on any atom is 0.257 e. The molecule has 1 saturated heterocycles. The third-order valence-electron chi connectivity index (χ3n) is 6.84. The van der Waals surface area contributed by atoms with Crippen LogP contribution in [0.4, 0.5) is 11.4 Å². The Bertz CT molecular complexity index is 1550. The van der Waals surface area contributed by atoms with Gasteiger partial charge < -0.3 is 15.1 Å². The fraction of sp³-hybridized carbons (Fsp3) is 0.121. The number of carbonyl (C=O) groups is 2. The molecular weight excluding hydrogens is 552 g/mol. The largest absolute Gasteiger partial charge is 0.367 e. The molecule has 41 heavy (non-hydrogen) atoms. The Morgan fingerprint density at radius 3 is 2.07 bits per heavy atom. The Morgan fingerprint density at radius 1 is 0.780 bits per heavy atom. The number of piperazine rings is 1. The molecule has 0 bridgehead atoms. The molecule has 206 valence electrons. The van der Waals surface area contributed by atoms with Crippen LogP contribution in [0.15, 0.2) is 109 Å². The number of thiocarbonyl (C=S) groups is 1. The summed E-state index contributed by atoms with van der Waals surface area (Å²) in [5.74, 6) is -0.294. The Hall–Kier alpha value is -4.46. The monoisotopic (exact) mass is 580 g/mol. The lowest BCUT2D eigenvalue weighted by molar-refractivity contribution is -0.126. The summed E-state index contributed by atoms with van der Waals surface area (Å²) in [4.78, 5) is 29.3. The lowest BCUT2D eigenvalue weighted by Crippen LogP contribution is -2.48. The van der Waals surface area contributed by atoms with E-state index in [0.717, 1.165) is 22.4 Å². The first-order chi connectivity index (χ1) is 20.0. The van der Waals surface area contributed by atoms with Gasteiger partial charge in [0.05, 0.1) is 10.7 Å². The van der Waals surface area contributed by atoms with Crippen LogP contribution in [0, 0.1) is 0 Å². The van der Waals surface area contributed by atoms with Crippen LogP contribution in [-0.2, 0) is 4.79 Å². The standard InChI is InChI=1S/C33H29ClN4O2S/c34-29-23-28(35-33(41)36-32(40)27-14-12-26(13-15-27)25-9-5-2-6-10-25)16-17-30(29)37-19-21-38(22-20-37)31(39)18-11-24-7-3-1-4-8-24/h1-18,23H,19-22H2,(H2,35,36,40,41)/b18-11+. The van der Waals surface area contributed by atoms with Gasteiger partial charge in [-0.15, -0.1) is 0 Å². The van der Waals surface area contributed by atoms with Crippen LogP contribution >= 0.6 is 23.8 Å². The van der Waals surface area contributed by atoms with E-state index < -0.39 is 0 Å². The van der Waals surface area contributed by atoms with E-state index in [1.54, 1.807) is 24.3 Å². The van der Waals surface area contributed by atoms with Crippen molar-refractivity contribution in [1.29, 1.82) is 0 Å². The first-order valence-corrected chi connectivity index (χ1v) is 14.1. The van der Waals surface area contributed by atoms with Crippen LogP contribution in [0.25, 0.3) is 17.2 Å². The molecule has 2 N–H and O–H groups in total. The van der Waals surface area contributed by atoms with Crippen molar-refractivity contribution in [2.45, 2.75) is 0 Å². The molecule has 1 fully saturated rings. The van der Waals surface area contributed by atoms with Gasteiger partial charge in [0.25, 0.3) is 5.91 Å². The molecule has 0 unspecified atom stereocenters. The van der Waals surface area contributed by atoms with E-state index in [4.69, 9.17) is 23.8 Å². The number of benzene rings is 4. The van der Waals surface area contributed by atoms with Crippen molar-refractivity contribution < 1.29 is 9.59 Å². The number of halogens is 1. The predicted octanol–water partition coefficient (Wildman–Crippen LogP) is 6.50. The number of amides is 2. The molecule has 2 amide bonds. The van der Waals surface area contributed by atoms with Gasteiger partial charge in [-0.05, 0) is 65.3 Å². The van der Waals surface area contributed by atoms with Crippen molar-refractivity contribution >= 4 is 58.2 Å². The van der Waals surface area contributed by atoms with Crippen molar-refractivity contribution in [1.82, 2.24) is 10.2 Å². The highest BCUT2D eigenvalue weighted by Crippen LogP contribution is 2.30. The molecule has 0 aromatic heterocycles. The van der Waals surface area contributed by atoms with Crippen LogP contribution in [0.3, 0.4) is 0 Å². The first-order valence-electron chi connectivity index (χ1n) is 13.3. The minimum Gasteiger partial charge on any atom is -0.367 e. The minimum absolute atomic E-state index is 0.00171. The summed E-state index contributed by atoms with van der Waals surface area (Å²) in [7, 11) is 0. The Morgan fingerprint density at radius 2 is 1.41 bits per heavy atom. The van der Waals surface area contributed by atoms with E-state index in [-0.39, 0.29) is 16.9 Å². The zero-order chi connectivity index (χ0) is 28.6. The summed E-state index contributed by atoms with van der Waals surface area (Å²) in [5, 5.41) is 6.50. The van der Waals surface area contributed by atoms with Crippen LogP contribution < -0.4 is 15.5 Å². The lowest BCUT2D eigenvalue weighted by Gasteiger charge is -2.36. The Labute approximate surface area is 250 Å². The van der Waals surface area contributed by atoms with E-state index in [1.807, 2.05) is 95.9 Å². The molecule has 0 radical (unpaired) electrons. The van der Waals surface area contributed by atoms with Gasteiger partial charge in [0.2, 0.25) is 5.91 Å². The van der Waals surface area contributed by atoms with Crippen molar-refractivity contribution in [3.05, 3.63) is 125 Å². The molecule has 0 spiro atoms. The smallest absolute Gasteiger partial charge is 0.257 e. The molecule has 8 heteroatoms. The highest BCUT2D eigenvalue weighted by atomic mass is 35.5. The molecule has 0 atom stereocenters. The number of rotatable bonds is 6. The third-order valence-corrected chi connectivity index (χ3v) is 7.34. The lowest BCUT2D eigenvalue weighted by atomic mass is 10.0. The van der Waals surface area contributed by atoms with Gasteiger partial charge in [-0.25, -0.2) is 0 Å². The molecule has 1 heterocycles. The van der Waals surface area contributed by atoms with Crippen LogP contribution in [0.2, 0.25) is 5.02 Å². The molecule has 1 aliphatic heterocycles. The van der Waals surface area contributed by atoms with Gasteiger partial charge in [0.1, 0.15) is 0 Å². The van der Waals surface area contributed by atoms with Crippen molar-refractivity contribution in [2.75, 3.05) is 36.4 Å². The van der Waals surface area contributed by atoms with Gasteiger partial charge in [0.15, 0.2) is 5.11 Å². The Kier molecular flexibility index (Phi) is 9.08. The van der Waals surface area contributed by atoms with E-state index >= 15 is 0 Å². The number of hydrogen-bond donors (Lipinski definition) is 2. The average Bonchev–Trinajstić information content (AvgIpc) is 3.01. The Balaban J connectivity index is 1.12. The van der Waals surface area contributed by atoms with Gasteiger partial charge in [-0.1, -0.05) is 84.4 Å². The summed E-state index contributed by atoms with van der Waals surface area (Å²) >= 11 is 12.0. The van der Waals surface area contributed by atoms with Crippen LogP contribution in [0.5, 0.6) is 0 Å². The molecule has 6 nitrogen and oxygen atoms in total. The third kappa shape index (κ3) is 7.39. The normalized spacial score (nSPS) is 13.2. The summed E-state index contributed by atoms with van der Waals surface area (Å²) in [6, 6.07) is 32.7. The molecule has 4 aromatic rings. The molecule has 0 aliphatic carbocycles.